The molecule has 3 heteroatoms. The van der Waals surface area contributed by atoms with E-state index in [-0.39, 0.29) is 0 Å². The Balaban J connectivity index is 1.25. The molecule has 0 spiro atoms. The molecule has 0 aliphatic heterocycles. The lowest BCUT2D eigenvalue weighted by Crippen LogP contribution is -2.26. The number of hydrogen-bond donors (Lipinski definition) is 1. The summed E-state index contributed by atoms with van der Waals surface area (Å²) in [6.07, 6.45) is 12.8. The van der Waals surface area contributed by atoms with Crippen LogP contribution in [-0.2, 0) is 6.54 Å². The van der Waals surface area contributed by atoms with Gasteiger partial charge in [0, 0.05) is 12.1 Å². The molecule has 2 saturated carbocycles. The van der Waals surface area contributed by atoms with Gasteiger partial charge in [0.1, 0.15) is 5.76 Å². The van der Waals surface area contributed by atoms with Crippen molar-refractivity contribution in [3.63, 3.8) is 0 Å². The Hall–Kier alpha value is -0.800. The van der Waals surface area contributed by atoms with Crippen LogP contribution in [0.4, 0.5) is 0 Å². The zero-order chi connectivity index (χ0) is 13.6. The number of hydrogen-bond acceptors (Lipinski definition) is 3. The van der Waals surface area contributed by atoms with Crippen molar-refractivity contribution in [2.24, 2.45) is 0 Å². The topological polar surface area (TPSA) is 28.4 Å². The molecule has 1 aromatic rings. The molecular weight excluding hydrogens is 248 g/mol. The van der Waals surface area contributed by atoms with E-state index in [9.17, 15) is 0 Å². The second kappa shape index (κ2) is 7.28. The van der Waals surface area contributed by atoms with Crippen LogP contribution in [0.25, 0.3) is 0 Å². The molecule has 0 atom stereocenters. The van der Waals surface area contributed by atoms with Crippen LogP contribution in [0.1, 0.15) is 57.1 Å². The van der Waals surface area contributed by atoms with Crippen molar-refractivity contribution in [2.45, 2.75) is 70.0 Å². The van der Waals surface area contributed by atoms with Gasteiger partial charge in [0.25, 0.3) is 0 Å². The molecular formula is C17H28N2O. The number of rotatable bonds is 11. The van der Waals surface area contributed by atoms with E-state index < -0.39 is 0 Å². The highest BCUT2D eigenvalue weighted by molar-refractivity contribution is 4.99. The predicted molar refractivity (Wildman–Crippen MR) is 81.6 cm³/mol. The highest BCUT2D eigenvalue weighted by atomic mass is 16.3. The second-order valence-corrected chi connectivity index (χ2v) is 6.42. The summed E-state index contributed by atoms with van der Waals surface area (Å²) in [6.45, 7) is 3.46. The average molecular weight is 276 g/mol. The molecule has 3 nitrogen and oxygen atoms in total. The Morgan fingerprint density at radius 3 is 2.65 bits per heavy atom. The summed E-state index contributed by atoms with van der Waals surface area (Å²) in [5.41, 5.74) is 0. The fraction of sp³-hybridized carbons (Fsp3) is 0.765. The van der Waals surface area contributed by atoms with Crippen molar-refractivity contribution in [2.75, 3.05) is 13.1 Å². The quantitative estimate of drug-likeness (QED) is 0.626. The fourth-order valence-electron chi connectivity index (χ4n) is 2.82. The Morgan fingerprint density at radius 1 is 1.10 bits per heavy atom. The minimum absolute atomic E-state index is 0.830. The summed E-state index contributed by atoms with van der Waals surface area (Å²) in [5, 5.41) is 3.59. The number of unbranched alkanes of at least 4 members (excludes halogenated alkanes) is 3. The SMILES string of the molecule is c1coc(CN(CCCCCCNC2CC2)C2CC2)c1. The second-order valence-electron chi connectivity index (χ2n) is 6.42. The third-order valence-electron chi connectivity index (χ3n) is 4.38. The third kappa shape index (κ3) is 4.95. The Kier molecular flexibility index (Phi) is 5.15. The van der Waals surface area contributed by atoms with Crippen LogP contribution in [0, 0.1) is 0 Å². The summed E-state index contributed by atoms with van der Waals surface area (Å²) in [5.74, 6) is 1.12. The van der Waals surface area contributed by atoms with Gasteiger partial charge in [-0.2, -0.15) is 0 Å². The smallest absolute Gasteiger partial charge is 0.117 e. The van der Waals surface area contributed by atoms with Gasteiger partial charge in [-0.3, -0.25) is 4.90 Å². The van der Waals surface area contributed by atoms with Crippen molar-refractivity contribution in [1.29, 1.82) is 0 Å². The van der Waals surface area contributed by atoms with E-state index in [1.54, 1.807) is 6.26 Å². The van der Waals surface area contributed by atoms with E-state index in [1.807, 2.05) is 6.07 Å². The van der Waals surface area contributed by atoms with Crippen LogP contribution in [-0.4, -0.2) is 30.1 Å². The zero-order valence-electron chi connectivity index (χ0n) is 12.5. The summed E-state index contributed by atoms with van der Waals surface area (Å²) in [7, 11) is 0. The lowest BCUT2D eigenvalue weighted by atomic mass is 10.2. The van der Waals surface area contributed by atoms with Gasteiger partial charge in [-0.15, -0.1) is 0 Å². The molecule has 1 aromatic heterocycles. The van der Waals surface area contributed by atoms with Crippen molar-refractivity contribution in [3.05, 3.63) is 24.2 Å². The van der Waals surface area contributed by atoms with E-state index in [1.165, 1.54) is 64.5 Å². The molecule has 3 rings (SSSR count). The molecule has 0 unspecified atom stereocenters. The molecule has 2 aliphatic carbocycles. The third-order valence-corrected chi connectivity index (χ3v) is 4.38. The molecule has 20 heavy (non-hydrogen) atoms. The maximum atomic E-state index is 5.48. The van der Waals surface area contributed by atoms with Gasteiger partial charge in [-0.1, -0.05) is 12.8 Å². The van der Waals surface area contributed by atoms with E-state index in [0.29, 0.717) is 0 Å². The summed E-state index contributed by atoms with van der Waals surface area (Å²) >= 11 is 0. The normalized spacial score (nSPS) is 18.9. The molecule has 2 fully saturated rings. The Bertz CT molecular complexity index is 368. The van der Waals surface area contributed by atoms with Gasteiger partial charge in [-0.25, -0.2) is 0 Å². The Labute approximate surface area is 122 Å². The largest absolute Gasteiger partial charge is 0.468 e. The minimum atomic E-state index is 0.830. The van der Waals surface area contributed by atoms with E-state index in [2.05, 4.69) is 16.3 Å². The summed E-state index contributed by atoms with van der Waals surface area (Å²) < 4.78 is 5.48. The van der Waals surface area contributed by atoms with Crippen molar-refractivity contribution in [3.8, 4) is 0 Å². The van der Waals surface area contributed by atoms with Crippen LogP contribution in [0.15, 0.2) is 22.8 Å². The minimum Gasteiger partial charge on any atom is -0.468 e. The molecule has 1 heterocycles. The van der Waals surface area contributed by atoms with Gasteiger partial charge < -0.3 is 9.73 Å². The van der Waals surface area contributed by atoms with Crippen molar-refractivity contribution < 1.29 is 4.42 Å². The molecule has 0 bridgehead atoms. The Morgan fingerprint density at radius 2 is 1.95 bits per heavy atom. The van der Waals surface area contributed by atoms with Crippen molar-refractivity contribution in [1.82, 2.24) is 10.2 Å². The number of nitrogens with one attached hydrogen (secondary N) is 1. The van der Waals surface area contributed by atoms with Crippen molar-refractivity contribution >= 4 is 0 Å². The van der Waals surface area contributed by atoms with Gasteiger partial charge in [0.15, 0.2) is 0 Å². The highest BCUT2D eigenvalue weighted by Gasteiger charge is 2.28. The van der Waals surface area contributed by atoms with Gasteiger partial charge >= 0.3 is 0 Å². The molecule has 112 valence electrons. The molecule has 0 saturated heterocycles. The first kappa shape index (κ1) is 14.2. The summed E-state index contributed by atoms with van der Waals surface area (Å²) in [4.78, 5) is 2.61. The first-order valence-electron chi connectivity index (χ1n) is 8.41. The number of nitrogens with zero attached hydrogens (tertiary/aromatic N) is 1. The predicted octanol–water partition coefficient (Wildman–Crippen LogP) is 3.56. The van der Waals surface area contributed by atoms with Crippen LogP contribution >= 0.6 is 0 Å². The standard InChI is InChI=1S/C17H28N2O/c1(3-11-18-15-7-8-15)2-4-12-19(16-9-10-16)14-17-6-5-13-20-17/h5-6,13,15-16,18H,1-4,7-12,14H2. The van der Waals surface area contributed by atoms with Crippen LogP contribution < -0.4 is 5.32 Å². The molecule has 0 aromatic carbocycles. The zero-order valence-corrected chi connectivity index (χ0v) is 12.5. The lowest BCUT2D eigenvalue weighted by Gasteiger charge is -2.20. The van der Waals surface area contributed by atoms with Gasteiger partial charge in [-0.05, 0) is 63.7 Å². The van der Waals surface area contributed by atoms with E-state index in [4.69, 9.17) is 4.42 Å². The van der Waals surface area contributed by atoms with Crippen LogP contribution in [0.3, 0.4) is 0 Å². The number of furan rings is 1. The average Bonchev–Trinajstić information content (AvgIpc) is 3.37. The van der Waals surface area contributed by atoms with Crippen LogP contribution in [0.2, 0.25) is 0 Å². The monoisotopic (exact) mass is 276 g/mol. The molecule has 0 amide bonds. The molecule has 2 aliphatic rings. The molecule has 1 N–H and O–H groups in total. The van der Waals surface area contributed by atoms with Gasteiger partial charge in [0.2, 0.25) is 0 Å². The molecule has 0 radical (unpaired) electrons. The van der Waals surface area contributed by atoms with Gasteiger partial charge in [0.05, 0.1) is 12.8 Å². The first-order chi connectivity index (χ1) is 9.92. The first-order valence-corrected chi connectivity index (χ1v) is 8.41. The highest BCUT2D eigenvalue weighted by Crippen LogP contribution is 2.28. The summed E-state index contributed by atoms with van der Waals surface area (Å²) in [6, 6.07) is 5.79. The van der Waals surface area contributed by atoms with E-state index >= 15 is 0 Å². The maximum absolute atomic E-state index is 5.48. The lowest BCUT2D eigenvalue weighted by molar-refractivity contribution is 0.228. The van der Waals surface area contributed by atoms with Crippen LogP contribution in [0.5, 0.6) is 0 Å². The van der Waals surface area contributed by atoms with E-state index in [0.717, 1.165) is 24.4 Å². The fourth-order valence-corrected chi connectivity index (χ4v) is 2.82. The maximum Gasteiger partial charge on any atom is 0.117 e.